The predicted octanol–water partition coefficient (Wildman–Crippen LogP) is -0.290. The molecule has 0 aromatic heterocycles. The van der Waals surface area contributed by atoms with Crippen molar-refractivity contribution in [3.8, 4) is 0 Å². The van der Waals surface area contributed by atoms with Gasteiger partial charge in [-0.2, -0.15) is 0 Å². The summed E-state index contributed by atoms with van der Waals surface area (Å²) < 4.78 is 5.61. The summed E-state index contributed by atoms with van der Waals surface area (Å²) in [6.07, 6.45) is -3.76. The van der Waals surface area contributed by atoms with Crippen LogP contribution in [0, 0.1) is 28.6 Å². The van der Waals surface area contributed by atoms with Crippen LogP contribution in [-0.2, 0) is 9.53 Å². The Morgan fingerprint density at radius 1 is 0.967 bits per heavy atom. The number of hydrogen-bond acceptors (Lipinski definition) is 8. The first-order chi connectivity index (χ1) is 13.5. The number of aliphatic hydroxyl groups is 6. The average molecular weight is 429 g/mol. The molecule has 0 aromatic carbocycles. The Kier molecular flexibility index (Phi) is 4.61. The molecule has 11 atom stereocenters. The number of carbonyl (C=O) groups excluding carboxylic acids is 1. The number of ether oxygens (including phenoxy) is 1. The van der Waals surface area contributed by atoms with E-state index in [1.165, 1.54) is 13.8 Å². The summed E-state index contributed by atoms with van der Waals surface area (Å²) in [5.74, 6) is -2.81. The normalized spacial score (nSPS) is 59.2. The van der Waals surface area contributed by atoms with E-state index in [4.69, 9.17) is 4.74 Å². The maximum atomic E-state index is 12.1. The van der Waals surface area contributed by atoms with Gasteiger partial charge in [0.2, 0.25) is 0 Å². The molecule has 1 spiro atoms. The molecule has 2 bridgehead atoms. The first-order valence-electron chi connectivity index (χ1n) is 10.9. The third-order valence-corrected chi connectivity index (χ3v) is 9.53. The molecule has 0 aromatic rings. The number of fused-ring (bicyclic) bond motifs is 2. The molecule has 0 unspecified atom stereocenters. The van der Waals surface area contributed by atoms with Gasteiger partial charge in [0.1, 0.15) is 11.7 Å². The van der Waals surface area contributed by atoms with Crippen LogP contribution in [0.2, 0.25) is 0 Å². The molecule has 0 radical (unpaired) electrons. The van der Waals surface area contributed by atoms with Gasteiger partial charge >= 0.3 is 5.97 Å². The van der Waals surface area contributed by atoms with E-state index in [-0.39, 0.29) is 12.8 Å². The summed E-state index contributed by atoms with van der Waals surface area (Å²) >= 11 is 0. The van der Waals surface area contributed by atoms with Gasteiger partial charge in [-0.1, -0.05) is 13.8 Å². The van der Waals surface area contributed by atoms with Gasteiger partial charge in [-0.3, -0.25) is 4.79 Å². The zero-order valence-electron chi connectivity index (χ0n) is 18.4. The van der Waals surface area contributed by atoms with Gasteiger partial charge in [0.25, 0.3) is 0 Å². The largest absolute Gasteiger partial charge is 0.459 e. The van der Waals surface area contributed by atoms with E-state index in [0.29, 0.717) is 12.8 Å². The molecule has 0 aliphatic heterocycles. The summed E-state index contributed by atoms with van der Waals surface area (Å²) in [4.78, 5) is 12.0. The second-order valence-electron chi connectivity index (χ2n) is 11.4. The van der Waals surface area contributed by atoms with E-state index >= 15 is 0 Å². The maximum Gasteiger partial charge on any atom is 0.303 e. The lowest BCUT2D eigenvalue weighted by atomic mass is 9.57. The fraction of sp³-hybridized carbons (Fsp3) is 0.955. The molecular formula is C22H36O8. The number of esters is 1. The van der Waals surface area contributed by atoms with E-state index in [1.54, 1.807) is 20.8 Å². The minimum Gasteiger partial charge on any atom is -0.459 e. The highest BCUT2D eigenvalue weighted by molar-refractivity contribution is 5.66. The fourth-order valence-corrected chi connectivity index (χ4v) is 8.25. The second kappa shape index (κ2) is 6.17. The molecule has 0 amide bonds. The molecule has 4 fully saturated rings. The van der Waals surface area contributed by atoms with Crippen LogP contribution in [0.15, 0.2) is 0 Å². The van der Waals surface area contributed by atoms with Crippen LogP contribution >= 0.6 is 0 Å². The summed E-state index contributed by atoms with van der Waals surface area (Å²) in [5, 5.41) is 68.2. The summed E-state index contributed by atoms with van der Waals surface area (Å²) in [7, 11) is 0. The molecule has 4 aliphatic carbocycles. The zero-order chi connectivity index (χ0) is 22.7. The van der Waals surface area contributed by atoms with E-state index in [0.717, 1.165) is 0 Å². The molecule has 8 heteroatoms. The molecule has 172 valence electrons. The van der Waals surface area contributed by atoms with Crippen molar-refractivity contribution in [1.29, 1.82) is 0 Å². The van der Waals surface area contributed by atoms with Crippen molar-refractivity contribution in [2.45, 2.75) is 102 Å². The van der Waals surface area contributed by atoms with E-state index in [2.05, 4.69) is 0 Å². The summed E-state index contributed by atoms with van der Waals surface area (Å²) in [6, 6.07) is 0. The molecule has 4 rings (SSSR count). The second-order valence-corrected chi connectivity index (χ2v) is 11.4. The number of rotatable bonds is 1. The average Bonchev–Trinajstić information content (AvgIpc) is 2.77. The van der Waals surface area contributed by atoms with Crippen molar-refractivity contribution in [2.75, 3.05) is 0 Å². The van der Waals surface area contributed by atoms with Gasteiger partial charge in [-0.25, -0.2) is 0 Å². The van der Waals surface area contributed by atoms with Crippen molar-refractivity contribution in [1.82, 2.24) is 0 Å². The molecule has 6 N–H and O–H groups in total. The zero-order valence-corrected chi connectivity index (χ0v) is 18.4. The highest BCUT2D eigenvalue weighted by Crippen LogP contribution is 2.70. The smallest absolute Gasteiger partial charge is 0.303 e. The molecule has 4 aliphatic rings. The van der Waals surface area contributed by atoms with Gasteiger partial charge in [0.05, 0.1) is 29.5 Å². The molecule has 4 saturated carbocycles. The van der Waals surface area contributed by atoms with Gasteiger partial charge in [-0.05, 0) is 45.4 Å². The highest BCUT2D eigenvalue weighted by atomic mass is 16.6. The quantitative estimate of drug-likeness (QED) is 0.312. The highest BCUT2D eigenvalue weighted by Gasteiger charge is 2.79. The standard InChI is InChI=1S/C22H36O8/c1-10(23)30-13-8-21-9-19(4,27)11(16(21)25)6-7-12(21)20(5,28)15-14(24)17(26)18(2,3)22(13,15)29/h11-17,24-29H,6-9H2,1-5H3/t11-,12+,13-,14-,15+,16-,17+,19-,20-,21+,22-/m1/s1. The van der Waals surface area contributed by atoms with Gasteiger partial charge < -0.3 is 35.4 Å². The van der Waals surface area contributed by atoms with Crippen LogP contribution in [-0.4, -0.2) is 77.8 Å². The Morgan fingerprint density at radius 2 is 1.57 bits per heavy atom. The minimum absolute atomic E-state index is 0.0249. The van der Waals surface area contributed by atoms with Gasteiger partial charge in [-0.15, -0.1) is 0 Å². The Labute approximate surface area is 176 Å². The Morgan fingerprint density at radius 3 is 2.13 bits per heavy atom. The van der Waals surface area contributed by atoms with Crippen LogP contribution in [0.4, 0.5) is 0 Å². The van der Waals surface area contributed by atoms with Crippen molar-refractivity contribution in [3.05, 3.63) is 0 Å². The van der Waals surface area contributed by atoms with Crippen LogP contribution in [0.3, 0.4) is 0 Å². The number of aliphatic hydroxyl groups excluding tert-OH is 3. The summed E-state index contributed by atoms with van der Waals surface area (Å²) in [5.41, 5.74) is -7.12. The maximum absolute atomic E-state index is 12.1. The van der Waals surface area contributed by atoms with Crippen molar-refractivity contribution in [2.24, 2.45) is 28.6 Å². The van der Waals surface area contributed by atoms with Crippen molar-refractivity contribution >= 4 is 5.97 Å². The van der Waals surface area contributed by atoms with Gasteiger partial charge in [0.15, 0.2) is 0 Å². The van der Waals surface area contributed by atoms with Crippen LogP contribution in [0.5, 0.6) is 0 Å². The molecule has 0 saturated heterocycles. The monoisotopic (exact) mass is 428 g/mol. The predicted molar refractivity (Wildman–Crippen MR) is 105 cm³/mol. The SMILES string of the molecule is CC(=O)O[C@@H]1C[C@]23C[C@@](C)(O)[C@H](CC[C@H]2[C@@](C)(O)[C@@H]2[C@@H](O)[C@H](O)C(C)(C)[C@@]12O)[C@H]3O. The Hall–Kier alpha value is -0.770. The first kappa shape index (κ1) is 22.4. The Balaban J connectivity index is 1.96. The van der Waals surface area contributed by atoms with Gasteiger partial charge in [0, 0.05) is 29.6 Å². The van der Waals surface area contributed by atoms with Crippen LogP contribution in [0.1, 0.15) is 60.3 Å². The lowest BCUT2D eigenvalue weighted by Gasteiger charge is -2.51. The van der Waals surface area contributed by atoms with Crippen LogP contribution in [0.25, 0.3) is 0 Å². The van der Waals surface area contributed by atoms with Crippen LogP contribution < -0.4 is 0 Å². The summed E-state index contributed by atoms with van der Waals surface area (Å²) in [6.45, 7) is 7.60. The Bertz CT molecular complexity index is 747. The van der Waals surface area contributed by atoms with Crippen molar-refractivity contribution < 1.29 is 40.2 Å². The minimum atomic E-state index is -1.95. The fourth-order valence-electron chi connectivity index (χ4n) is 8.25. The topological polar surface area (TPSA) is 148 Å². The molecule has 8 nitrogen and oxygen atoms in total. The van der Waals surface area contributed by atoms with E-state index < -0.39 is 75.8 Å². The number of hydrogen-bond donors (Lipinski definition) is 6. The molecule has 0 heterocycles. The molecular weight excluding hydrogens is 392 g/mol. The molecule has 30 heavy (non-hydrogen) atoms. The number of carbonyl (C=O) groups is 1. The van der Waals surface area contributed by atoms with Crippen molar-refractivity contribution in [3.63, 3.8) is 0 Å². The first-order valence-corrected chi connectivity index (χ1v) is 10.9. The third-order valence-electron chi connectivity index (χ3n) is 9.53. The lowest BCUT2D eigenvalue weighted by Crippen LogP contribution is -2.62. The third kappa shape index (κ3) is 2.41. The lowest BCUT2D eigenvalue weighted by molar-refractivity contribution is -0.218. The van der Waals surface area contributed by atoms with E-state index in [9.17, 15) is 35.4 Å². The van der Waals surface area contributed by atoms with E-state index in [1.807, 2.05) is 0 Å².